The quantitative estimate of drug-likeness (QED) is 0.300. The minimum atomic E-state index is -1.07. The highest BCUT2D eigenvalue weighted by Gasteiger charge is 2.21. The summed E-state index contributed by atoms with van der Waals surface area (Å²) in [6, 6.07) is 11.7. The minimum Gasteiger partial charge on any atom is -0.495 e. The van der Waals surface area contributed by atoms with Crippen molar-refractivity contribution in [2.45, 2.75) is 32.3 Å². The van der Waals surface area contributed by atoms with Crippen LogP contribution in [-0.4, -0.2) is 35.0 Å². The number of carbonyl (C=O) groups excluding carboxylic acids is 2. The maximum Gasteiger partial charge on any atom is 0.306 e. The molecule has 31 heavy (non-hydrogen) atoms. The van der Waals surface area contributed by atoms with Gasteiger partial charge in [0.15, 0.2) is 6.10 Å². The van der Waals surface area contributed by atoms with Crippen LogP contribution in [0.2, 0.25) is 0 Å². The van der Waals surface area contributed by atoms with Gasteiger partial charge in [0, 0.05) is 18.6 Å². The van der Waals surface area contributed by atoms with E-state index in [2.05, 4.69) is 10.3 Å². The Morgan fingerprint density at radius 1 is 1.26 bits per heavy atom. The van der Waals surface area contributed by atoms with Gasteiger partial charge in [-0.05, 0) is 38.0 Å². The Balaban J connectivity index is 1.50. The first-order valence-corrected chi connectivity index (χ1v) is 10.4. The normalized spacial score (nSPS) is 11.7. The van der Waals surface area contributed by atoms with Gasteiger partial charge in [-0.15, -0.1) is 11.3 Å². The van der Waals surface area contributed by atoms with Gasteiger partial charge in [-0.2, -0.15) is 0 Å². The largest absolute Gasteiger partial charge is 0.495 e. The van der Waals surface area contributed by atoms with E-state index >= 15 is 0 Å². The number of carbonyl (C=O) groups is 2. The number of amides is 1. The van der Waals surface area contributed by atoms with Crippen molar-refractivity contribution in [1.82, 2.24) is 4.98 Å². The van der Waals surface area contributed by atoms with E-state index in [0.29, 0.717) is 12.8 Å². The zero-order valence-corrected chi connectivity index (χ0v) is 17.8. The van der Waals surface area contributed by atoms with E-state index in [0.717, 1.165) is 15.2 Å². The Morgan fingerprint density at radius 3 is 2.74 bits per heavy atom. The number of anilines is 1. The van der Waals surface area contributed by atoms with Crippen molar-refractivity contribution >= 4 is 44.8 Å². The van der Waals surface area contributed by atoms with Crippen LogP contribution in [0.5, 0.6) is 5.75 Å². The smallest absolute Gasteiger partial charge is 0.306 e. The summed E-state index contributed by atoms with van der Waals surface area (Å²) in [5.41, 5.74) is 0.864. The monoisotopic (exact) mass is 443 g/mol. The van der Waals surface area contributed by atoms with Gasteiger partial charge >= 0.3 is 5.97 Å². The molecule has 9 nitrogen and oxygen atoms in total. The Kier molecular flexibility index (Phi) is 7.14. The van der Waals surface area contributed by atoms with Crippen LogP contribution in [0.4, 0.5) is 11.4 Å². The molecule has 2 aromatic carbocycles. The van der Waals surface area contributed by atoms with Crippen molar-refractivity contribution in [1.29, 1.82) is 0 Å². The summed E-state index contributed by atoms with van der Waals surface area (Å²) in [5, 5.41) is 14.4. The lowest BCUT2D eigenvalue weighted by atomic mass is 10.2. The lowest BCUT2D eigenvalue weighted by molar-refractivity contribution is -0.384. The number of para-hydroxylation sites is 1. The molecule has 0 bridgehead atoms. The Hall–Kier alpha value is -3.53. The molecule has 0 saturated heterocycles. The van der Waals surface area contributed by atoms with Crippen LogP contribution >= 0.6 is 11.3 Å². The third kappa shape index (κ3) is 5.76. The zero-order chi connectivity index (χ0) is 22.4. The fourth-order valence-electron chi connectivity index (χ4n) is 2.86. The van der Waals surface area contributed by atoms with Crippen LogP contribution in [0, 0.1) is 10.1 Å². The van der Waals surface area contributed by atoms with Gasteiger partial charge in [-0.3, -0.25) is 19.7 Å². The number of fused-ring (bicyclic) bond motifs is 1. The molecule has 0 fully saturated rings. The van der Waals surface area contributed by atoms with Crippen molar-refractivity contribution in [3.8, 4) is 5.75 Å². The highest BCUT2D eigenvalue weighted by Crippen LogP contribution is 2.29. The SMILES string of the molecule is COc1ccc([N+](=O)[O-])cc1NC(=O)[C@H](C)OC(=O)CCCc1nc2ccccc2s1. The van der Waals surface area contributed by atoms with E-state index in [1.54, 1.807) is 11.3 Å². The topological polar surface area (TPSA) is 121 Å². The highest BCUT2D eigenvalue weighted by atomic mass is 32.1. The van der Waals surface area contributed by atoms with Gasteiger partial charge in [0.05, 0.1) is 32.9 Å². The molecule has 3 aromatic rings. The summed E-state index contributed by atoms with van der Waals surface area (Å²) in [4.78, 5) is 39.4. The molecule has 162 valence electrons. The predicted octanol–water partition coefficient (Wildman–Crippen LogP) is 4.11. The molecule has 1 heterocycles. The van der Waals surface area contributed by atoms with E-state index in [1.807, 2.05) is 24.3 Å². The van der Waals surface area contributed by atoms with Crippen molar-refractivity contribution in [3.05, 3.63) is 57.6 Å². The molecular weight excluding hydrogens is 422 g/mol. The molecule has 1 aromatic heterocycles. The van der Waals surface area contributed by atoms with E-state index in [-0.39, 0.29) is 23.5 Å². The lowest BCUT2D eigenvalue weighted by Gasteiger charge is -2.15. The fourth-order valence-corrected chi connectivity index (χ4v) is 3.87. The molecular formula is C21H21N3O6S. The number of non-ortho nitro benzene ring substituents is 1. The zero-order valence-electron chi connectivity index (χ0n) is 17.0. The van der Waals surface area contributed by atoms with Gasteiger partial charge in [-0.25, -0.2) is 4.98 Å². The summed E-state index contributed by atoms with van der Waals surface area (Å²) < 4.78 is 11.4. The van der Waals surface area contributed by atoms with Gasteiger partial charge in [0.2, 0.25) is 0 Å². The summed E-state index contributed by atoms with van der Waals surface area (Å²) in [5.74, 6) is -0.860. The van der Waals surface area contributed by atoms with Crippen LogP contribution in [0.3, 0.4) is 0 Å². The number of nitro groups is 1. The van der Waals surface area contributed by atoms with E-state index in [9.17, 15) is 19.7 Å². The van der Waals surface area contributed by atoms with Crippen LogP contribution < -0.4 is 10.1 Å². The molecule has 0 aliphatic heterocycles. The number of aryl methyl sites for hydroxylation is 1. The standard InChI is InChI=1S/C21H21N3O6S/c1-13(21(26)23-16-12-14(24(27)28)10-11-17(16)29-2)30-20(25)9-5-8-19-22-15-6-3-4-7-18(15)31-19/h3-4,6-7,10-13H,5,8-9H2,1-2H3,(H,23,26)/t13-/m0/s1. The number of benzene rings is 2. The van der Waals surface area contributed by atoms with E-state index < -0.39 is 22.9 Å². The number of esters is 1. The summed E-state index contributed by atoms with van der Waals surface area (Å²) >= 11 is 1.59. The predicted molar refractivity (Wildman–Crippen MR) is 116 cm³/mol. The number of aromatic nitrogens is 1. The summed E-state index contributed by atoms with van der Waals surface area (Å²) in [6.45, 7) is 1.44. The Morgan fingerprint density at radius 2 is 2.03 bits per heavy atom. The van der Waals surface area contributed by atoms with Crippen molar-refractivity contribution in [2.24, 2.45) is 0 Å². The first-order valence-electron chi connectivity index (χ1n) is 9.54. The molecule has 0 radical (unpaired) electrons. The average molecular weight is 443 g/mol. The average Bonchev–Trinajstić information content (AvgIpc) is 3.16. The first kappa shape index (κ1) is 22.2. The fraction of sp³-hybridized carbons (Fsp3) is 0.286. The maximum atomic E-state index is 12.4. The van der Waals surface area contributed by atoms with E-state index in [4.69, 9.17) is 9.47 Å². The van der Waals surface area contributed by atoms with Crippen LogP contribution in [0.15, 0.2) is 42.5 Å². The number of ether oxygens (including phenoxy) is 2. The van der Waals surface area contributed by atoms with Gasteiger partial charge in [-0.1, -0.05) is 12.1 Å². The third-order valence-electron chi connectivity index (χ3n) is 4.44. The Bertz CT molecular complexity index is 1080. The van der Waals surface area contributed by atoms with Crippen molar-refractivity contribution < 1.29 is 24.0 Å². The minimum absolute atomic E-state index is 0.125. The number of hydrogen-bond acceptors (Lipinski definition) is 8. The first-order chi connectivity index (χ1) is 14.9. The Labute approximate surface area is 182 Å². The highest BCUT2D eigenvalue weighted by molar-refractivity contribution is 7.18. The molecule has 1 N–H and O–H groups in total. The van der Waals surface area contributed by atoms with Gasteiger partial charge < -0.3 is 14.8 Å². The second-order valence-electron chi connectivity index (χ2n) is 6.69. The van der Waals surface area contributed by atoms with Crippen molar-refractivity contribution in [3.63, 3.8) is 0 Å². The number of nitrogens with one attached hydrogen (secondary N) is 1. The number of thiazole rings is 1. The number of methoxy groups -OCH3 is 1. The second-order valence-corrected chi connectivity index (χ2v) is 7.81. The van der Waals surface area contributed by atoms with Crippen molar-refractivity contribution in [2.75, 3.05) is 12.4 Å². The molecule has 0 aliphatic rings. The molecule has 3 rings (SSSR count). The molecule has 1 amide bonds. The number of rotatable bonds is 9. The molecule has 0 saturated carbocycles. The van der Waals surface area contributed by atoms with Gasteiger partial charge in [0.25, 0.3) is 11.6 Å². The van der Waals surface area contributed by atoms with Crippen LogP contribution in [-0.2, 0) is 20.7 Å². The number of nitro benzene ring substituents is 1. The third-order valence-corrected chi connectivity index (χ3v) is 5.54. The van der Waals surface area contributed by atoms with Gasteiger partial charge in [0.1, 0.15) is 5.75 Å². The molecule has 0 unspecified atom stereocenters. The summed E-state index contributed by atoms with van der Waals surface area (Å²) in [6.07, 6.45) is 0.262. The lowest BCUT2D eigenvalue weighted by Crippen LogP contribution is -2.30. The van der Waals surface area contributed by atoms with Crippen LogP contribution in [0.25, 0.3) is 10.2 Å². The molecule has 0 spiro atoms. The molecule has 0 aliphatic carbocycles. The summed E-state index contributed by atoms with van der Waals surface area (Å²) in [7, 11) is 1.38. The van der Waals surface area contributed by atoms with Crippen LogP contribution in [0.1, 0.15) is 24.8 Å². The number of hydrogen-bond donors (Lipinski definition) is 1. The second kappa shape index (κ2) is 9.98. The molecule has 1 atom stereocenters. The molecule has 10 heteroatoms. The number of nitrogens with zero attached hydrogens (tertiary/aromatic N) is 2. The maximum absolute atomic E-state index is 12.4. The van der Waals surface area contributed by atoms with E-state index in [1.165, 1.54) is 32.2 Å².